The lowest BCUT2D eigenvalue weighted by Crippen LogP contribution is -2.53. The first-order valence-electron chi connectivity index (χ1n) is 7.04. The number of nitrogens with zero attached hydrogens (tertiary/aromatic N) is 1. The van der Waals surface area contributed by atoms with Crippen LogP contribution in [-0.2, 0) is 4.74 Å². The van der Waals surface area contributed by atoms with Gasteiger partial charge < -0.3 is 15.2 Å². The number of likely N-dealkylation sites (tertiary alicyclic amines) is 1. The minimum atomic E-state index is -0.183. The monoisotopic (exact) mass is 258 g/mol. The fourth-order valence-corrected chi connectivity index (χ4v) is 3.03. The van der Waals surface area contributed by atoms with Crippen LogP contribution in [0.1, 0.15) is 40.0 Å². The summed E-state index contributed by atoms with van der Waals surface area (Å²) in [5.74, 6) is 0. The zero-order valence-electron chi connectivity index (χ0n) is 12.6. The van der Waals surface area contributed by atoms with E-state index in [4.69, 9.17) is 4.74 Å². The number of aliphatic hydroxyl groups is 1. The Morgan fingerprint density at radius 2 is 2.22 bits per heavy atom. The first-order chi connectivity index (χ1) is 8.45. The predicted octanol–water partition coefficient (Wildman–Crippen LogP) is 1.23. The van der Waals surface area contributed by atoms with Crippen molar-refractivity contribution in [3.63, 3.8) is 0 Å². The van der Waals surface area contributed by atoms with Gasteiger partial charge in [0.2, 0.25) is 0 Å². The van der Waals surface area contributed by atoms with Crippen LogP contribution < -0.4 is 5.32 Å². The van der Waals surface area contributed by atoms with Crippen molar-refractivity contribution in [2.24, 2.45) is 0 Å². The highest BCUT2D eigenvalue weighted by Gasteiger charge is 2.32. The Balaban J connectivity index is 2.54. The second-order valence-corrected chi connectivity index (χ2v) is 5.99. The normalized spacial score (nSPS) is 31.0. The molecule has 0 radical (unpaired) electrons. The van der Waals surface area contributed by atoms with Crippen LogP contribution in [0, 0.1) is 0 Å². The number of hydrogen-bond acceptors (Lipinski definition) is 4. The van der Waals surface area contributed by atoms with Gasteiger partial charge in [0, 0.05) is 31.3 Å². The second-order valence-electron chi connectivity index (χ2n) is 5.99. The summed E-state index contributed by atoms with van der Waals surface area (Å²) in [5, 5.41) is 12.7. The van der Waals surface area contributed by atoms with Crippen molar-refractivity contribution in [1.82, 2.24) is 10.2 Å². The van der Waals surface area contributed by atoms with Crippen molar-refractivity contribution in [2.45, 2.75) is 63.8 Å². The maximum absolute atomic E-state index is 9.48. The number of likely N-dealkylation sites (N-methyl/N-ethyl adjacent to an activating group) is 1. The number of hydrogen-bond donors (Lipinski definition) is 2. The molecule has 2 N–H and O–H groups in total. The molecule has 0 aromatic heterocycles. The molecule has 4 atom stereocenters. The number of piperidine rings is 1. The molecule has 1 fully saturated rings. The van der Waals surface area contributed by atoms with E-state index in [2.05, 4.69) is 31.0 Å². The number of ether oxygens (including phenoxy) is 1. The summed E-state index contributed by atoms with van der Waals surface area (Å²) in [6, 6.07) is 1.03. The van der Waals surface area contributed by atoms with E-state index in [0.717, 1.165) is 25.8 Å². The Bertz CT molecular complexity index is 244. The molecule has 4 unspecified atom stereocenters. The molecule has 0 aliphatic carbocycles. The van der Waals surface area contributed by atoms with E-state index in [-0.39, 0.29) is 12.1 Å². The lowest BCUT2D eigenvalue weighted by molar-refractivity contribution is -0.00614. The van der Waals surface area contributed by atoms with Gasteiger partial charge in [-0.15, -0.1) is 0 Å². The third-order valence-electron chi connectivity index (χ3n) is 4.48. The Morgan fingerprint density at radius 3 is 2.67 bits per heavy atom. The Labute approximate surface area is 112 Å². The van der Waals surface area contributed by atoms with Crippen molar-refractivity contribution in [2.75, 3.05) is 27.3 Å². The molecule has 4 nitrogen and oxygen atoms in total. The zero-order chi connectivity index (χ0) is 13.8. The second kappa shape index (κ2) is 6.85. The van der Waals surface area contributed by atoms with Crippen LogP contribution in [0.15, 0.2) is 0 Å². The molecule has 1 heterocycles. The van der Waals surface area contributed by atoms with E-state index in [0.29, 0.717) is 18.2 Å². The highest BCUT2D eigenvalue weighted by molar-refractivity contribution is 4.89. The summed E-state index contributed by atoms with van der Waals surface area (Å²) < 4.78 is 5.45. The molecule has 0 spiro atoms. The number of rotatable bonds is 6. The van der Waals surface area contributed by atoms with Crippen LogP contribution in [0.2, 0.25) is 0 Å². The van der Waals surface area contributed by atoms with Crippen molar-refractivity contribution < 1.29 is 9.84 Å². The van der Waals surface area contributed by atoms with Crippen molar-refractivity contribution in [3.8, 4) is 0 Å². The molecule has 1 aliphatic rings. The Morgan fingerprint density at radius 1 is 1.56 bits per heavy atom. The molecular formula is C14H30N2O2. The summed E-state index contributed by atoms with van der Waals surface area (Å²) in [6.45, 7) is 7.88. The number of nitrogens with one attached hydrogen (secondary N) is 1. The Hall–Kier alpha value is -0.160. The van der Waals surface area contributed by atoms with Gasteiger partial charge in [-0.2, -0.15) is 0 Å². The topological polar surface area (TPSA) is 44.7 Å². The highest BCUT2D eigenvalue weighted by atomic mass is 16.5. The fourth-order valence-electron chi connectivity index (χ4n) is 3.03. The first-order valence-corrected chi connectivity index (χ1v) is 7.04. The quantitative estimate of drug-likeness (QED) is 0.752. The average Bonchev–Trinajstić information content (AvgIpc) is 2.38. The standard InChI is InChI=1S/C14H30N2O2/c1-11-8-13(18-5)6-7-16(11)12(2)9-14(3,10-17)15-4/h11-13,15,17H,6-10H2,1-5H3. The van der Waals surface area contributed by atoms with Crippen LogP contribution >= 0.6 is 0 Å². The molecule has 0 saturated carbocycles. The van der Waals surface area contributed by atoms with Crippen molar-refractivity contribution in [3.05, 3.63) is 0 Å². The van der Waals surface area contributed by atoms with Gasteiger partial charge in [0.25, 0.3) is 0 Å². The molecular weight excluding hydrogens is 228 g/mol. The summed E-state index contributed by atoms with van der Waals surface area (Å²) in [6.07, 6.45) is 3.59. The van der Waals surface area contributed by atoms with E-state index >= 15 is 0 Å². The minimum Gasteiger partial charge on any atom is -0.394 e. The van der Waals surface area contributed by atoms with E-state index in [1.54, 1.807) is 7.11 Å². The maximum atomic E-state index is 9.48. The van der Waals surface area contributed by atoms with Gasteiger partial charge in [-0.3, -0.25) is 4.90 Å². The minimum absolute atomic E-state index is 0.177. The highest BCUT2D eigenvalue weighted by Crippen LogP contribution is 2.25. The molecule has 18 heavy (non-hydrogen) atoms. The lowest BCUT2D eigenvalue weighted by Gasteiger charge is -2.43. The van der Waals surface area contributed by atoms with Gasteiger partial charge in [0.05, 0.1) is 12.7 Å². The van der Waals surface area contributed by atoms with Crippen molar-refractivity contribution in [1.29, 1.82) is 0 Å². The smallest absolute Gasteiger partial charge is 0.0611 e. The van der Waals surface area contributed by atoms with E-state index in [9.17, 15) is 5.11 Å². The summed E-state index contributed by atoms with van der Waals surface area (Å²) in [5.41, 5.74) is -0.183. The molecule has 0 aromatic rings. The van der Waals surface area contributed by atoms with E-state index in [1.807, 2.05) is 7.05 Å². The molecule has 0 aromatic carbocycles. The van der Waals surface area contributed by atoms with Crippen LogP contribution in [-0.4, -0.2) is 61.0 Å². The largest absolute Gasteiger partial charge is 0.394 e. The first kappa shape index (κ1) is 15.9. The van der Waals surface area contributed by atoms with Gasteiger partial charge >= 0.3 is 0 Å². The number of aliphatic hydroxyl groups excluding tert-OH is 1. The van der Waals surface area contributed by atoms with E-state index in [1.165, 1.54) is 0 Å². The van der Waals surface area contributed by atoms with Gasteiger partial charge in [-0.25, -0.2) is 0 Å². The van der Waals surface area contributed by atoms with Gasteiger partial charge in [-0.05, 0) is 47.1 Å². The molecule has 4 heteroatoms. The van der Waals surface area contributed by atoms with Gasteiger partial charge in [-0.1, -0.05) is 0 Å². The zero-order valence-corrected chi connectivity index (χ0v) is 12.6. The third-order valence-corrected chi connectivity index (χ3v) is 4.48. The predicted molar refractivity (Wildman–Crippen MR) is 74.8 cm³/mol. The average molecular weight is 258 g/mol. The summed E-state index contributed by atoms with van der Waals surface area (Å²) in [4.78, 5) is 2.54. The number of methoxy groups -OCH3 is 1. The Kier molecular flexibility index (Phi) is 6.05. The molecule has 0 bridgehead atoms. The molecule has 108 valence electrons. The van der Waals surface area contributed by atoms with Crippen LogP contribution in [0.4, 0.5) is 0 Å². The maximum Gasteiger partial charge on any atom is 0.0611 e. The van der Waals surface area contributed by atoms with Crippen LogP contribution in [0.3, 0.4) is 0 Å². The molecule has 1 saturated heterocycles. The van der Waals surface area contributed by atoms with E-state index < -0.39 is 0 Å². The fraction of sp³-hybridized carbons (Fsp3) is 1.00. The molecule has 1 aliphatic heterocycles. The van der Waals surface area contributed by atoms with Crippen molar-refractivity contribution >= 4 is 0 Å². The summed E-state index contributed by atoms with van der Waals surface area (Å²) in [7, 11) is 3.73. The lowest BCUT2D eigenvalue weighted by atomic mass is 9.91. The van der Waals surface area contributed by atoms with Gasteiger partial charge in [0.15, 0.2) is 0 Å². The van der Waals surface area contributed by atoms with Gasteiger partial charge in [0.1, 0.15) is 0 Å². The summed E-state index contributed by atoms with van der Waals surface area (Å²) >= 11 is 0. The third kappa shape index (κ3) is 3.92. The molecule has 1 rings (SSSR count). The SMILES string of the molecule is CNC(C)(CO)CC(C)N1CCC(OC)CC1C. The van der Waals surface area contributed by atoms with Crippen LogP contribution in [0.25, 0.3) is 0 Å². The molecule has 0 amide bonds. The van der Waals surface area contributed by atoms with Crippen LogP contribution in [0.5, 0.6) is 0 Å².